The smallest absolute Gasteiger partial charge is 0.336 e. The first-order valence-corrected chi connectivity index (χ1v) is 5.69. The van der Waals surface area contributed by atoms with Crippen molar-refractivity contribution in [1.82, 2.24) is 14.8 Å². The molecule has 0 atom stereocenters. The number of benzene rings is 1. The lowest BCUT2D eigenvalue weighted by Gasteiger charge is -2.04. The minimum Gasteiger partial charge on any atom is -0.466 e. The Balaban J connectivity index is 2.17. The number of rotatable bonds is 3. The van der Waals surface area contributed by atoms with Crippen LogP contribution in [0, 0.1) is 0 Å². The maximum absolute atomic E-state index is 5.79. The van der Waals surface area contributed by atoms with Gasteiger partial charge in [-0.05, 0) is 30.3 Å². The molecular weight excluding hydrogens is 244 g/mol. The predicted molar refractivity (Wildman–Crippen MR) is 70.0 cm³/mol. The fraction of sp³-hybridized carbons (Fsp3) is 0.0769. The van der Waals surface area contributed by atoms with E-state index in [1.807, 2.05) is 24.3 Å². The van der Waals surface area contributed by atoms with E-state index in [1.165, 1.54) is 7.11 Å². The van der Waals surface area contributed by atoms with Crippen LogP contribution in [0.2, 0.25) is 0 Å². The van der Waals surface area contributed by atoms with Gasteiger partial charge in [0.15, 0.2) is 5.76 Å². The molecule has 0 spiro atoms. The Morgan fingerprint density at radius 2 is 2.16 bits per heavy atom. The van der Waals surface area contributed by atoms with Crippen LogP contribution in [0.25, 0.3) is 17.3 Å². The minimum atomic E-state index is 0.272. The highest BCUT2D eigenvalue weighted by molar-refractivity contribution is 5.55. The van der Waals surface area contributed by atoms with Gasteiger partial charge in [0.2, 0.25) is 5.82 Å². The summed E-state index contributed by atoms with van der Waals surface area (Å²) < 4.78 is 12.1. The van der Waals surface area contributed by atoms with E-state index >= 15 is 0 Å². The first-order valence-electron chi connectivity index (χ1n) is 5.69. The van der Waals surface area contributed by atoms with Crippen LogP contribution in [0.4, 0.5) is 5.69 Å². The normalized spacial score (nSPS) is 10.6. The van der Waals surface area contributed by atoms with E-state index in [4.69, 9.17) is 14.9 Å². The van der Waals surface area contributed by atoms with E-state index in [1.54, 1.807) is 23.1 Å². The van der Waals surface area contributed by atoms with Crippen LogP contribution >= 0.6 is 0 Å². The summed E-state index contributed by atoms with van der Waals surface area (Å²) >= 11 is 0. The first-order chi connectivity index (χ1) is 9.28. The topological polar surface area (TPSA) is 79.1 Å². The Hall–Kier alpha value is -2.76. The summed E-state index contributed by atoms with van der Waals surface area (Å²) in [6.07, 6.45) is 1.58. The van der Waals surface area contributed by atoms with Gasteiger partial charge in [0.1, 0.15) is 0 Å². The molecule has 6 heteroatoms. The van der Waals surface area contributed by atoms with Gasteiger partial charge in [-0.1, -0.05) is 6.07 Å². The maximum Gasteiger partial charge on any atom is 0.336 e. The quantitative estimate of drug-likeness (QED) is 0.726. The van der Waals surface area contributed by atoms with Crippen molar-refractivity contribution in [3.8, 4) is 23.3 Å². The maximum atomic E-state index is 5.79. The average molecular weight is 256 g/mol. The van der Waals surface area contributed by atoms with Gasteiger partial charge >= 0.3 is 6.01 Å². The van der Waals surface area contributed by atoms with Crippen molar-refractivity contribution < 1.29 is 9.15 Å². The fourth-order valence-electron chi connectivity index (χ4n) is 1.78. The Morgan fingerprint density at radius 3 is 2.84 bits per heavy atom. The van der Waals surface area contributed by atoms with Crippen molar-refractivity contribution in [1.29, 1.82) is 0 Å². The summed E-state index contributed by atoms with van der Waals surface area (Å²) in [4.78, 5) is 4.27. The number of ether oxygens (including phenoxy) is 1. The van der Waals surface area contributed by atoms with Crippen LogP contribution in [0.3, 0.4) is 0 Å². The molecule has 0 bridgehead atoms. The number of nitrogens with two attached hydrogens (primary N) is 1. The molecule has 0 saturated heterocycles. The molecule has 0 radical (unpaired) electrons. The summed E-state index contributed by atoms with van der Waals surface area (Å²) in [6, 6.07) is 11.2. The van der Waals surface area contributed by atoms with Crippen molar-refractivity contribution in [2.75, 3.05) is 12.8 Å². The molecule has 1 aromatic carbocycles. The number of nitrogen functional groups attached to an aromatic ring is 1. The second-order valence-corrected chi connectivity index (χ2v) is 3.91. The van der Waals surface area contributed by atoms with Crippen LogP contribution in [0.5, 0.6) is 6.01 Å². The van der Waals surface area contributed by atoms with E-state index in [2.05, 4.69) is 10.1 Å². The fourth-order valence-corrected chi connectivity index (χ4v) is 1.78. The van der Waals surface area contributed by atoms with Gasteiger partial charge in [-0.2, -0.15) is 4.98 Å². The summed E-state index contributed by atoms with van der Waals surface area (Å²) in [5.41, 5.74) is 7.23. The molecule has 0 amide bonds. The predicted octanol–water partition coefficient (Wildman–Crippen LogP) is 2.12. The summed E-state index contributed by atoms with van der Waals surface area (Å²) in [6.45, 7) is 0. The van der Waals surface area contributed by atoms with Gasteiger partial charge in [-0.25, -0.2) is 4.68 Å². The number of hydrogen-bond donors (Lipinski definition) is 1. The molecule has 0 saturated carbocycles. The number of methoxy groups -OCH3 is 1. The van der Waals surface area contributed by atoms with E-state index in [9.17, 15) is 0 Å². The van der Waals surface area contributed by atoms with Gasteiger partial charge in [-0.15, -0.1) is 5.10 Å². The lowest BCUT2D eigenvalue weighted by molar-refractivity contribution is 0.380. The Kier molecular flexibility index (Phi) is 2.68. The zero-order valence-corrected chi connectivity index (χ0v) is 10.3. The van der Waals surface area contributed by atoms with Gasteiger partial charge < -0.3 is 14.9 Å². The third-order valence-electron chi connectivity index (χ3n) is 2.63. The van der Waals surface area contributed by atoms with Crippen LogP contribution in [-0.2, 0) is 0 Å². The second-order valence-electron chi connectivity index (χ2n) is 3.91. The van der Waals surface area contributed by atoms with E-state index in [-0.39, 0.29) is 6.01 Å². The van der Waals surface area contributed by atoms with Crippen molar-refractivity contribution in [3.05, 3.63) is 42.7 Å². The van der Waals surface area contributed by atoms with Crippen molar-refractivity contribution in [3.63, 3.8) is 0 Å². The molecule has 19 heavy (non-hydrogen) atoms. The minimum absolute atomic E-state index is 0.272. The summed E-state index contributed by atoms with van der Waals surface area (Å²) in [7, 11) is 1.52. The summed E-state index contributed by atoms with van der Waals surface area (Å²) in [5.74, 6) is 1.17. The molecule has 2 aromatic heterocycles. The Morgan fingerprint density at radius 1 is 1.26 bits per heavy atom. The molecule has 96 valence electrons. The molecule has 0 aliphatic heterocycles. The number of aromatic nitrogens is 3. The van der Waals surface area contributed by atoms with Gasteiger partial charge in [0.05, 0.1) is 19.1 Å². The van der Waals surface area contributed by atoms with Gasteiger partial charge in [-0.3, -0.25) is 0 Å². The molecule has 2 N–H and O–H groups in total. The molecular formula is C13H12N4O2. The molecule has 3 rings (SSSR count). The Labute approximate surface area is 109 Å². The van der Waals surface area contributed by atoms with Gasteiger partial charge in [0.25, 0.3) is 0 Å². The highest BCUT2D eigenvalue weighted by Gasteiger charge is 2.16. The van der Waals surface area contributed by atoms with E-state index in [0.29, 0.717) is 17.3 Å². The zero-order valence-electron chi connectivity index (χ0n) is 10.3. The van der Waals surface area contributed by atoms with Crippen LogP contribution in [0.15, 0.2) is 47.1 Å². The number of furan rings is 1. The van der Waals surface area contributed by atoms with Crippen LogP contribution in [-0.4, -0.2) is 21.9 Å². The SMILES string of the molecule is COc1nc(-c2ccco2)n(-c2cccc(N)c2)n1. The second kappa shape index (κ2) is 4.49. The number of nitrogens with zero attached hydrogens (tertiary/aromatic N) is 3. The van der Waals surface area contributed by atoms with Gasteiger partial charge in [0, 0.05) is 5.69 Å². The lowest BCUT2D eigenvalue weighted by atomic mass is 10.3. The third kappa shape index (κ3) is 2.03. The summed E-state index contributed by atoms with van der Waals surface area (Å²) in [5, 5.41) is 4.26. The first kappa shape index (κ1) is 11.3. The largest absolute Gasteiger partial charge is 0.466 e. The van der Waals surface area contributed by atoms with Crippen LogP contribution in [0.1, 0.15) is 0 Å². The van der Waals surface area contributed by atoms with Crippen molar-refractivity contribution in [2.45, 2.75) is 0 Å². The molecule has 0 aliphatic rings. The van der Waals surface area contributed by atoms with E-state index < -0.39 is 0 Å². The standard InChI is InChI=1S/C13H12N4O2/c1-18-13-15-12(11-6-3-7-19-11)17(16-13)10-5-2-4-9(14)8-10/h2-8H,14H2,1H3. The van der Waals surface area contributed by atoms with Crippen LogP contribution < -0.4 is 10.5 Å². The molecule has 0 fully saturated rings. The molecule has 3 aromatic rings. The molecule has 0 unspecified atom stereocenters. The van der Waals surface area contributed by atoms with Crippen molar-refractivity contribution in [2.24, 2.45) is 0 Å². The number of anilines is 1. The van der Waals surface area contributed by atoms with Crippen molar-refractivity contribution >= 4 is 5.69 Å². The Bertz CT molecular complexity index is 688. The molecule has 6 nitrogen and oxygen atoms in total. The highest BCUT2D eigenvalue weighted by atomic mass is 16.5. The number of hydrogen-bond acceptors (Lipinski definition) is 5. The average Bonchev–Trinajstić information content (AvgIpc) is 3.07. The molecule has 2 heterocycles. The third-order valence-corrected chi connectivity index (χ3v) is 2.63. The highest BCUT2D eigenvalue weighted by Crippen LogP contribution is 2.24. The monoisotopic (exact) mass is 256 g/mol. The van der Waals surface area contributed by atoms with E-state index in [0.717, 1.165) is 5.69 Å². The lowest BCUT2D eigenvalue weighted by Crippen LogP contribution is -2.00. The molecule has 0 aliphatic carbocycles. The zero-order chi connectivity index (χ0) is 13.2.